The van der Waals surface area contributed by atoms with Gasteiger partial charge in [-0.05, 0) is 30.7 Å². The number of nitrogens with two attached hydrogens (primary N) is 1. The molecule has 3 nitrogen and oxygen atoms in total. The molecule has 88 valence electrons. The summed E-state index contributed by atoms with van der Waals surface area (Å²) in [7, 11) is 0. The number of hydrogen-bond acceptors (Lipinski definition) is 4. The number of nitrogens with zero attached hydrogens (tertiary/aromatic N) is 2. The van der Waals surface area contributed by atoms with E-state index in [-0.39, 0.29) is 11.9 Å². The first kappa shape index (κ1) is 12.0. The van der Waals surface area contributed by atoms with Crippen LogP contribution in [0.15, 0.2) is 46.7 Å². The highest BCUT2D eigenvalue weighted by Gasteiger charge is 2.10. The highest BCUT2D eigenvalue weighted by atomic mass is 32.2. The predicted molar refractivity (Wildman–Crippen MR) is 65.2 cm³/mol. The molecule has 1 atom stereocenters. The number of hydrogen-bond donors (Lipinski definition) is 1. The van der Waals surface area contributed by atoms with Crippen molar-refractivity contribution in [1.82, 2.24) is 9.97 Å². The summed E-state index contributed by atoms with van der Waals surface area (Å²) in [5.74, 6) is -0.277. The molecule has 0 saturated carbocycles. The van der Waals surface area contributed by atoms with Crippen molar-refractivity contribution in [2.45, 2.75) is 22.9 Å². The number of halogens is 1. The molecule has 5 heteroatoms. The van der Waals surface area contributed by atoms with Gasteiger partial charge in [0.1, 0.15) is 10.8 Å². The van der Waals surface area contributed by atoms with E-state index < -0.39 is 0 Å². The zero-order valence-electron chi connectivity index (χ0n) is 9.30. The summed E-state index contributed by atoms with van der Waals surface area (Å²) in [5.41, 5.74) is 6.60. The van der Waals surface area contributed by atoms with Crippen LogP contribution in [0.4, 0.5) is 4.39 Å². The summed E-state index contributed by atoms with van der Waals surface area (Å²) in [6.07, 6.45) is 4.90. The Morgan fingerprint density at radius 3 is 2.82 bits per heavy atom. The van der Waals surface area contributed by atoms with Crippen LogP contribution in [-0.2, 0) is 0 Å². The van der Waals surface area contributed by atoms with Crippen molar-refractivity contribution in [1.29, 1.82) is 0 Å². The van der Waals surface area contributed by atoms with Gasteiger partial charge in [0.25, 0.3) is 0 Å². The molecule has 2 aromatic rings. The van der Waals surface area contributed by atoms with E-state index in [4.69, 9.17) is 5.73 Å². The Morgan fingerprint density at radius 1 is 1.35 bits per heavy atom. The molecular weight excluding hydrogens is 237 g/mol. The van der Waals surface area contributed by atoms with E-state index in [1.54, 1.807) is 24.7 Å². The topological polar surface area (TPSA) is 51.8 Å². The lowest BCUT2D eigenvalue weighted by Crippen LogP contribution is -2.06. The Labute approximate surface area is 103 Å². The molecule has 0 aliphatic rings. The van der Waals surface area contributed by atoms with Crippen molar-refractivity contribution in [2.75, 3.05) is 0 Å². The first-order valence-electron chi connectivity index (χ1n) is 5.15. The van der Waals surface area contributed by atoms with E-state index in [2.05, 4.69) is 9.97 Å². The van der Waals surface area contributed by atoms with Crippen LogP contribution < -0.4 is 5.73 Å². The summed E-state index contributed by atoms with van der Waals surface area (Å²) in [5, 5.41) is 0.765. The van der Waals surface area contributed by atoms with Crippen LogP contribution in [0.3, 0.4) is 0 Å². The zero-order valence-corrected chi connectivity index (χ0v) is 10.1. The summed E-state index contributed by atoms with van der Waals surface area (Å²) < 4.78 is 13.2. The minimum absolute atomic E-state index is 0.218. The van der Waals surface area contributed by atoms with Crippen molar-refractivity contribution in [3.05, 3.63) is 48.2 Å². The summed E-state index contributed by atoms with van der Waals surface area (Å²) in [4.78, 5) is 9.05. The lowest BCUT2D eigenvalue weighted by atomic mass is 10.1. The van der Waals surface area contributed by atoms with Crippen molar-refractivity contribution in [3.63, 3.8) is 0 Å². The Hall–Kier alpha value is -1.46. The van der Waals surface area contributed by atoms with E-state index in [0.29, 0.717) is 0 Å². The van der Waals surface area contributed by atoms with Crippen LogP contribution in [0.2, 0.25) is 0 Å². The SMILES string of the molecule is C[C@H](N)c1cc(F)ccc1Sc1cnccn1. The van der Waals surface area contributed by atoms with Gasteiger partial charge >= 0.3 is 0 Å². The maximum atomic E-state index is 13.2. The Balaban J connectivity index is 2.33. The second-order valence-corrected chi connectivity index (χ2v) is 4.68. The predicted octanol–water partition coefficient (Wildman–Crippen LogP) is 2.79. The average molecular weight is 249 g/mol. The molecule has 17 heavy (non-hydrogen) atoms. The molecule has 0 bridgehead atoms. The smallest absolute Gasteiger partial charge is 0.123 e. The van der Waals surface area contributed by atoms with Gasteiger partial charge in [0.05, 0.1) is 6.20 Å². The highest BCUT2D eigenvalue weighted by molar-refractivity contribution is 7.99. The maximum Gasteiger partial charge on any atom is 0.123 e. The van der Waals surface area contributed by atoms with Gasteiger partial charge in [-0.25, -0.2) is 9.37 Å². The quantitative estimate of drug-likeness (QED) is 0.908. The lowest BCUT2D eigenvalue weighted by molar-refractivity contribution is 0.619. The van der Waals surface area contributed by atoms with E-state index in [1.165, 1.54) is 23.9 Å². The Morgan fingerprint density at radius 2 is 2.18 bits per heavy atom. The van der Waals surface area contributed by atoms with Gasteiger partial charge in [-0.3, -0.25) is 4.98 Å². The van der Waals surface area contributed by atoms with Gasteiger partial charge < -0.3 is 5.73 Å². The van der Waals surface area contributed by atoms with Gasteiger partial charge in [-0.15, -0.1) is 0 Å². The normalized spacial score (nSPS) is 12.4. The fourth-order valence-corrected chi connectivity index (χ4v) is 2.37. The van der Waals surface area contributed by atoms with Crippen LogP contribution >= 0.6 is 11.8 Å². The van der Waals surface area contributed by atoms with Gasteiger partial charge in [-0.1, -0.05) is 11.8 Å². The van der Waals surface area contributed by atoms with Crippen molar-refractivity contribution >= 4 is 11.8 Å². The van der Waals surface area contributed by atoms with E-state index >= 15 is 0 Å². The molecule has 0 radical (unpaired) electrons. The van der Waals surface area contributed by atoms with E-state index in [0.717, 1.165) is 15.5 Å². The molecule has 2 rings (SSSR count). The fraction of sp³-hybridized carbons (Fsp3) is 0.167. The van der Waals surface area contributed by atoms with Gasteiger partial charge in [0, 0.05) is 23.3 Å². The fourth-order valence-electron chi connectivity index (χ4n) is 1.42. The molecule has 1 aromatic carbocycles. The summed E-state index contributed by atoms with van der Waals surface area (Å²) in [6, 6.07) is 4.38. The number of aromatic nitrogens is 2. The summed E-state index contributed by atoms with van der Waals surface area (Å²) in [6.45, 7) is 1.83. The minimum Gasteiger partial charge on any atom is -0.324 e. The molecule has 0 fully saturated rings. The standard InChI is InChI=1S/C12H12FN3S/c1-8(14)10-6-9(13)2-3-11(10)17-12-7-15-4-5-16-12/h2-8H,14H2,1H3/t8-/m0/s1. The Kier molecular flexibility index (Phi) is 3.71. The van der Waals surface area contributed by atoms with Crippen LogP contribution in [0.25, 0.3) is 0 Å². The van der Waals surface area contributed by atoms with Crippen molar-refractivity contribution < 1.29 is 4.39 Å². The first-order chi connectivity index (χ1) is 8.16. The third kappa shape index (κ3) is 3.01. The second kappa shape index (κ2) is 5.25. The van der Waals surface area contributed by atoms with Gasteiger partial charge in [0.2, 0.25) is 0 Å². The molecule has 1 heterocycles. The zero-order chi connectivity index (χ0) is 12.3. The molecular formula is C12H12FN3S. The number of benzene rings is 1. The van der Waals surface area contributed by atoms with Gasteiger partial charge in [-0.2, -0.15) is 0 Å². The molecule has 0 saturated heterocycles. The molecule has 0 spiro atoms. The van der Waals surface area contributed by atoms with E-state index in [1.807, 2.05) is 6.92 Å². The third-order valence-electron chi connectivity index (χ3n) is 2.22. The maximum absolute atomic E-state index is 13.2. The van der Waals surface area contributed by atoms with Gasteiger partial charge in [0.15, 0.2) is 0 Å². The minimum atomic E-state index is -0.277. The van der Waals surface area contributed by atoms with Crippen LogP contribution in [0, 0.1) is 5.82 Å². The molecule has 0 aliphatic carbocycles. The van der Waals surface area contributed by atoms with Crippen molar-refractivity contribution in [2.24, 2.45) is 5.73 Å². The molecule has 2 N–H and O–H groups in total. The molecule has 1 aromatic heterocycles. The highest BCUT2D eigenvalue weighted by Crippen LogP contribution is 2.31. The third-order valence-corrected chi connectivity index (χ3v) is 3.23. The van der Waals surface area contributed by atoms with E-state index in [9.17, 15) is 4.39 Å². The molecule has 0 aliphatic heterocycles. The second-order valence-electron chi connectivity index (χ2n) is 3.62. The molecule has 0 amide bonds. The molecule has 0 unspecified atom stereocenters. The Bertz CT molecular complexity index is 502. The summed E-state index contributed by atoms with van der Waals surface area (Å²) >= 11 is 1.43. The largest absolute Gasteiger partial charge is 0.324 e. The van der Waals surface area contributed by atoms with Crippen LogP contribution in [0.5, 0.6) is 0 Å². The number of rotatable bonds is 3. The van der Waals surface area contributed by atoms with Crippen LogP contribution in [0.1, 0.15) is 18.5 Å². The first-order valence-corrected chi connectivity index (χ1v) is 5.97. The van der Waals surface area contributed by atoms with Crippen molar-refractivity contribution in [3.8, 4) is 0 Å². The lowest BCUT2D eigenvalue weighted by Gasteiger charge is -2.11. The monoisotopic (exact) mass is 249 g/mol. The average Bonchev–Trinajstić information content (AvgIpc) is 2.32. The van der Waals surface area contributed by atoms with Crippen LogP contribution in [-0.4, -0.2) is 9.97 Å².